The second kappa shape index (κ2) is 5.54. The molecule has 0 bridgehead atoms. The van der Waals surface area contributed by atoms with Crippen LogP contribution < -0.4 is 0 Å². The number of hydrogen-bond acceptors (Lipinski definition) is 3. The lowest BCUT2D eigenvalue weighted by Gasteiger charge is -2.42. The highest BCUT2D eigenvalue weighted by Crippen LogP contribution is 2.47. The molecule has 2 aliphatic carbocycles. The van der Waals surface area contributed by atoms with Crippen molar-refractivity contribution in [1.82, 2.24) is 0 Å². The van der Waals surface area contributed by atoms with E-state index in [1.807, 2.05) is 0 Å². The fourth-order valence-electron chi connectivity index (χ4n) is 3.16. The molecule has 0 aromatic rings. The molecule has 2 unspecified atom stereocenters. The van der Waals surface area contributed by atoms with Gasteiger partial charge in [0.05, 0.1) is 11.6 Å². The van der Waals surface area contributed by atoms with E-state index < -0.39 is 5.54 Å². The van der Waals surface area contributed by atoms with Crippen molar-refractivity contribution in [3.63, 3.8) is 0 Å². The summed E-state index contributed by atoms with van der Waals surface area (Å²) in [6.45, 7) is 0. The van der Waals surface area contributed by atoms with Crippen LogP contribution in [0.3, 0.4) is 0 Å². The largest absolute Gasteiger partial charge is 0.0862 e. The van der Waals surface area contributed by atoms with Gasteiger partial charge in [0.1, 0.15) is 0 Å². The summed E-state index contributed by atoms with van der Waals surface area (Å²) in [7, 11) is 0. The molecular weight excluding hydrogens is 246 g/mol. The van der Waals surface area contributed by atoms with E-state index in [-0.39, 0.29) is 6.04 Å². The van der Waals surface area contributed by atoms with Crippen LogP contribution in [0.1, 0.15) is 38.5 Å². The number of rotatable bonds is 3. The molecule has 2 rings (SSSR count). The molecule has 0 spiro atoms. The predicted octanol–water partition coefficient (Wildman–Crippen LogP) is 4.65. The minimum absolute atomic E-state index is 0.370. The first-order chi connectivity index (χ1) is 9.27. The normalized spacial score (nSPS) is 29.4. The van der Waals surface area contributed by atoms with Gasteiger partial charge >= 0.3 is 0 Å². The fourth-order valence-corrected chi connectivity index (χ4v) is 3.16. The van der Waals surface area contributed by atoms with E-state index >= 15 is 0 Å². The molecular formula is C10H13N9. The maximum atomic E-state index is 8.81. The monoisotopic (exact) mass is 259 g/mol. The summed E-state index contributed by atoms with van der Waals surface area (Å²) in [5.41, 5.74) is 26.8. The Morgan fingerprint density at radius 1 is 1.05 bits per heavy atom. The van der Waals surface area contributed by atoms with Gasteiger partial charge in [-0.2, -0.15) is 0 Å². The summed E-state index contributed by atoms with van der Waals surface area (Å²) in [5.74, 6) is 0. The van der Waals surface area contributed by atoms with E-state index in [4.69, 9.17) is 16.6 Å². The summed E-state index contributed by atoms with van der Waals surface area (Å²) >= 11 is 0. The van der Waals surface area contributed by atoms with Crippen LogP contribution in [0, 0.1) is 0 Å². The van der Waals surface area contributed by atoms with Crippen LogP contribution in [-0.2, 0) is 0 Å². The smallest absolute Gasteiger partial charge is 0.0706 e. The number of fused-ring (bicyclic) bond motifs is 1. The van der Waals surface area contributed by atoms with Crippen molar-refractivity contribution in [2.75, 3.05) is 0 Å². The Kier molecular flexibility index (Phi) is 3.82. The Bertz CT molecular complexity index is 545. The number of allylic oxidation sites excluding steroid dienone is 1. The van der Waals surface area contributed by atoms with E-state index in [0.29, 0.717) is 31.4 Å². The summed E-state index contributed by atoms with van der Waals surface area (Å²) < 4.78 is 0. The number of nitrogens with zero attached hydrogens (tertiary/aromatic N) is 9. The van der Waals surface area contributed by atoms with Gasteiger partial charge in [-0.15, -0.1) is 0 Å². The minimum atomic E-state index is -0.673. The van der Waals surface area contributed by atoms with Gasteiger partial charge in [-0.1, -0.05) is 21.8 Å². The Morgan fingerprint density at radius 2 is 1.84 bits per heavy atom. The van der Waals surface area contributed by atoms with Gasteiger partial charge < -0.3 is 0 Å². The first-order valence-electron chi connectivity index (χ1n) is 6.16. The van der Waals surface area contributed by atoms with Crippen molar-refractivity contribution in [2.45, 2.75) is 50.1 Å². The van der Waals surface area contributed by atoms with Gasteiger partial charge in [0.25, 0.3) is 0 Å². The Hall–Kier alpha value is -2.33. The van der Waals surface area contributed by atoms with Gasteiger partial charge in [0, 0.05) is 20.4 Å². The minimum Gasteiger partial charge on any atom is -0.0862 e. The van der Waals surface area contributed by atoms with Gasteiger partial charge in [-0.25, -0.2) is 0 Å². The van der Waals surface area contributed by atoms with Gasteiger partial charge in [-0.05, 0) is 54.3 Å². The average molecular weight is 259 g/mol. The zero-order valence-corrected chi connectivity index (χ0v) is 10.3. The summed E-state index contributed by atoms with van der Waals surface area (Å²) in [5, 5.41) is 11.5. The molecule has 98 valence electrons. The molecule has 0 aliphatic heterocycles. The molecule has 2 atom stereocenters. The molecule has 9 heteroatoms. The third-order valence-corrected chi connectivity index (χ3v) is 3.81. The molecule has 2 aliphatic rings. The van der Waals surface area contributed by atoms with Crippen LogP contribution in [0.5, 0.6) is 0 Å². The van der Waals surface area contributed by atoms with Crippen molar-refractivity contribution in [3.05, 3.63) is 42.6 Å². The first kappa shape index (κ1) is 13.1. The second-order valence-corrected chi connectivity index (χ2v) is 4.74. The zero-order valence-electron chi connectivity index (χ0n) is 10.3. The molecule has 0 aromatic carbocycles. The van der Waals surface area contributed by atoms with Crippen LogP contribution in [0.15, 0.2) is 26.6 Å². The highest BCUT2D eigenvalue weighted by molar-refractivity contribution is 5.36. The lowest BCUT2D eigenvalue weighted by atomic mass is 9.68. The molecule has 0 heterocycles. The topological polar surface area (TPSA) is 146 Å². The average Bonchev–Trinajstić information content (AvgIpc) is 2.40. The lowest BCUT2D eigenvalue weighted by Crippen LogP contribution is -2.41. The molecule has 0 aromatic heterocycles. The molecule has 9 nitrogen and oxygen atoms in total. The highest BCUT2D eigenvalue weighted by Gasteiger charge is 2.43. The maximum absolute atomic E-state index is 8.81. The highest BCUT2D eigenvalue weighted by atomic mass is 15.2. The lowest BCUT2D eigenvalue weighted by molar-refractivity contribution is 0.311. The third kappa shape index (κ3) is 2.30. The standard InChI is InChI=1S/C10H13N9/c11-17-14-7-3-1-5-10(16-19-13)6-2-4-8(9(7)10)15-18-12/h7H,1-6H2. The molecule has 0 saturated heterocycles. The number of azide groups is 3. The van der Waals surface area contributed by atoms with Crippen molar-refractivity contribution in [2.24, 2.45) is 15.3 Å². The second-order valence-electron chi connectivity index (χ2n) is 4.74. The molecule has 0 radical (unpaired) electrons. The molecule has 19 heavy (non-hydrogen) atoms. The third-order valence-electron chi connectivity index (χ3n) is 3.81. The van der Waals surface area contributed by atoms with Crippen LogP contribution in [-0.4, -0.2) is 11.6 Å². The summed E-state index contributed by atoms with van der Waals surface area (Å²) in [6, 6.07) is -0.370. The zero-order chi connectivity index (χ0) is 13.7. The van der Waals surface area contributed by atoms with E-state index in [0.717, 1.165) is 18.4 Å². The van der Waals surface area contributed by atoms with Crippen molar-refractivity contribution in [3.8, 4) is 0 Å². The van der Waals surface area contributed by atoms with E-state index in [2.05, 4.69) is 30.1 Å². The van der Waals surface area contributed by atoms with Gasteiger partial charge in [-0.3, -0.25) is 0 Å². The van der Waals surface area contributed by atoms with Gasteiger partial charge in [0.15, 0.2) is 0 Å². The van der Waals surface area contributed by atoms with Crippen molar-refractivity contribution in [1.29, 1.82) is 0 Å². The first-order valence-corrected chi connectivity index (χ1v) is 6.16. The van der Waals surface area contributed by atoms with Gasteiger partial charge in [0.2, 0.25) is 0 Å². The summed E-state index contributed by atoms with van der Waals surface area (Å²) in [4.78, 5) is 8.64. The predicted molar refractivity (Wildman–Crippen MR) is 68.7 cm³/mol. The fraction of sp³-hybridized carbons (Fsp3) is 0.800. The van der Waals surface area contributed by atoms with E-state index in [9.17, 15) is 0 Å². The maximum Gasteiger partial charge on any atom is 0.0706 e. The Balaban J connectivity index is 2.63. The van der Waals surface area contributed by atoms with Crippen molar-refractivity contribution >= 4 is 0 Å². The Labute approximate surface area is 109 Å². The molecule has 1 fully saturated rings. The Morgan fingerprint density at radius 3 is 2.53 bits per heavy atom. The SMILES string of the molecule is [N-]=[N+]=NC1=C2C(N=[N+]=[N-])CCCC2(N=[N+]=[N-])CCC1. The van der Waals surface area contributed by atoms with Crippen LogP contribution >= 0.6 is 0 Å². The molecule has 0 amide bonds. The van der Waals surface area contributed by atoms with Crippen LogP contribution in [0.4, 0.5) is 0 Å². The van der Waals surface area contributed by atoms with Crippen LogP contribution in [0.25, 0.3) is 31.3 Å². The quantitative estimate of drug-likeness (QED) is 0.394. The number of hydrogen-bond donors (Lipinski definition) is 0. The molecule has 0 N–H and O–H groups in total. The van der Waals surface area contributed by atoms with E-state index in [1.165, 1.54) is 0 Å². The van der Waals surface area contributed by atoms with E-state index in [1.54, 1.807) is 0 Å². The summed E-state index contributed by atoms with van der Waals surface area (Å²) in [6.07, 6.45) is 4.41. The molecule has 1 saturated carbocycles. The van der Waals surface area contributed by atoms with Crippen molar-refractivity contribution < 1.29 is 0 Å². The van der Waals surface area contributed by atoms with Crippen LogP contribution in [0.2, 0.25) is 0 Å².